The Morgan fingerprint density at radius 1 is 1.03 bits per heavy atom. The Morgan fingerprint density at radius 3 is 2.52 bits per heavy atom. The lowest BCUT2D eigenvalue weighted by atomic mass is 9.88. The zero-order chi connectivity index (χ0) is 20.4. The number of aryl methyl sites for hydroxylation is 2. The van der Waals surface area contributed by atoms with Crippen LogP contribution in [0.15, 0.2) is 66.7 Å². The van der Waals surface area contributed by atoms with Crippen LogP contribution in [0.4, 0.5) is 10.5 Å². The molecule has 0 saturated heterocycles. The summed E-state index contributed by atoms with van der Waals surface area (Å²) in [5, 5.41) is 3.10. The summed E-state index contributed by atoms with van der Waals surface area (Å²) in [6, 6.07) is 22.4. The first kappa shape index (κ1) is 19.1. The van der Waals surface area contributed by atoms with Gasteiger partial charge in [-0.25, -0.2) is 4.79 Å². The molecular weight excluding hydrogens is 360 g/mol. The van der Waals surface area contributed by atoms with Gasteiger partial charge in [0.2, 0.25) is 0 Å². The van der Waals surface area contributed by atoms with Crippen molar-refractivity contribution in [3.8, 4) is 5.75 Å². The highest BCUT2D eigenvalue weighted by Gasteiger charge is 2.32. The lowest BCUT2D eigenvalue weighted by Crippen LogP contribution is -2.43. The predicted molar refractivity (Wildman–Crippen MR) is 117 cm³/mol. The van der Waals surface area contributed by atoms with Gasteiger partial charge in [0.15, 0.2) is 0 Å². The van der Waals surface area contributed by atoms with E-state index in [1.165, 1.54) is 16.7 Å². The molecule has 3 aromatic carbocycles. The molecule has 0 radical (unpaired) electrons. The van der Waals surface area contributed by atoms with Gasteiger partial charge in [-0.3, -0.25) is 0 Å². The number of nitrogens with zero attached hydrogens (tertiary/aromatic N) is 1. The summed E-state index contributed by atoms with van der Waals surface area (Å²) in [4.78, 5) is 15.3. The van der Waals surface area contributed by atoms with E-state index in [1.54, 1.807) is 7.11 Å². The van der Waals surface area contributed by atoms with Gasteiger partial charge in [0, 0.05) is 12.2 Å². The number of hydrogen-bond acceptors (Lipinski definition) is 2. The largest absolute Gasteiger partial charge is 0.497 e. The summed E-state index contributed by atoms with van der Waals surface area (Å²) in [6.45, 7) is 4.73. The number of ether oxygens (including phenoxy) is 1. The zero-order valence-electron chi connectivity index (χ0n) is 17.1. The monoisotopic (exact) mass is 386 g/mol. The Labute approximate surface area is 172 Å². The smallest absolute Gasteiger partial charge is 0.322 e. The second kappa shape index (κ2) is 8.00. The number of carbonyl (C=O) groups excluding carboxylic acids is 1. The van der Waals surface area contributed by atoms with E-state index in [2.05, 4.69) is 60.8 Å². The second-order valence-electron chi connectivity index (χ2n) is 7.57. The van der Waals surface area contributed by atoms with Gasteiger partial charge < -0.3 is 15.0 Å². The maximum atomic E-state index is 13.3. The Kier molecular flexibility index (Phi) is 5.26. The molecule has 0 aromatic heterocycles. The Hall–Kier alpha value is -3.27. The van der Waals surface area contributed by atoms with Crippen molar-refractivity contribution in [1.82, 2.24) is 4.90 Å². The summed E-state index contributed by atoms with van der Waals surface area (Å²) >= 11 is 0. The number of nitrogens with one attached hydrogen (secondary N) is 1. The molecule has 4 nitrogen and oxygen atoms in total. The van der Waals surface area contributed by atoms with E-state index in [0.29, 0.717) is 6.54 Å². The summed E-state index contributed by atoms with van der Waals surface area (Å²) in [7, 11) is 1.64. The van der Waals surface area contributed by atoms with Crippen LogP contribution in [0.3, 0.4) is 0 Å². The van der Waals surface area contributed by atoms with Gasteiger partial charge in [0.25, 0.3) is 0 Å². The summed E-state index contributed by atoms with van der Waals surface area (Å²) in [5.41, 5.74) is 6.62. The molecule has 4 heteroatoms. The molecule has 0 bridgehead atoms. The molecule has 0 fully saturated rings. The molecule has 29 heavy (non-hydrogen) atoms. The van der Waals surface area contributed by atoms with Crippen LogP contribution in [0.5, 0.6) is 5.75 Å². The van der Waals surface area contributed by atoms with Crippen LogP contribution in [0.25, 0.3) is 0 Å². The van der Waals surface area contributed by atoms with E-state index in [-0.39, 0.29) is 12.1 Å². The zero-order valence-corrected chi connectivity index (χ0v) is 17.1. The van der Waals surface area contributed by atoms with Crippen LogP contribution in [-0.4, -0.2) is 24.6 Å². The summed E-state index contributed by atoms with van der Waals surface area (Å²) in [5.74, 6) is 0.782. The molecule has 2 amide bonds. The third kappa shape index (κ3) is 3.83. The molecule has 0 aliphatic carbocycles. The first-order chi connectivity index (χ1) is 14.1. The number of anilines is 1. The lowest BCUT2D eigenvalue weighted by molar-refractivity contribution is 0.194. The van der Waals surface area contributed by atoms with Crippen LogP contribution >= 0.6 is 0 Å². The molecule has 4 rings (SSSR count). The average molecular weight is 386 g/mol. The predicted octanol–water partition coefficient (Wildman–Crippen LogP) is 5.49. The lowest BCUT2D eigenvalue weighted by Gasteiger charge is -2.38. The van der Waals surface area contributed by atoms with E-state index in [1.807, 2.05) is 30.0 Å². The minimum Gasteiger partial charge on any atom is -0.497 e. The highest BCUT2D eigenvalue weighted by molar-refractivity contribution is 5.91. The van der Waals surface area contributed by atoms with Crippen molar-refractivity contribution in [2.75, 3.05) is 19.0 Å². The van der Waals surface area contributed by atoms with Crippen molar-refractivity contribution in [2.45, 2.75) is 26.3 Å². The fourth-order valence-corrected chi connectivity index (χ4v) is 3.98. The maximum Gasteiger partial charge on any atom is 0.322 e. The van der Waals surface area contributed by atoms with Gasteiger partial charge in [0.1, 0.15) is 5.75 Å². The quantitative estimate of drug-likeness (QED) is 0.646. The van der Waals surface area contributed by atoms with Gasteiger partial charge in [-0.1, -0.05) is 54.1 Å². The van der Waals surface area contributed by atoms with Crippen LogP contribution in [0, 0.1) is 13.8 Å². The first-order valence-corrected chi connectivity index (χ1v) is 9.93. The highest BCUT2D eigenvalue weighted by Crippen LogP contribution is 2.36. The minimum atomic E-state index is -0.0981. The fraction of sp³-hybridized carbons (Fsp3) is 0.240. The molecule has 1 heterocycles. The van der Waals surface area contributed by atoms with Crippen molar-refractivity contribution in [2.24, 2.45) is 0 Å². The third-order valence-electron chi connectivity index (χ3n) is 5.61. The molecule has 1 atom stereocenters. The number of rotatable bonds is 3. The molecule has 3 aromatic rings. The van der Waals surface area contributed by atoms with E-state index < -0.39 is 0 Å². The molecule has 1 aliphatic heterocycles. The molecular formula is C25H26N2O2. The van der Waals surface area contributed by atoms with E-state index in [9.17, 15) is 4.79 Å². The van der Waals surface area contributed by atoms with Gasteiger partial charge in [-0.2, -0.15) is 0 Å². The van der Waals surface area contributed by atoms with Gasteiger partial charge >= 0.3 is 6.03 Å². The molecule has 0 spiro atoms. The third-order valence-corrected chi connectivity index (χ3v) is 5.61. The minimum absolute atomic E-state index is 0.0849. The van der Waals surface area contributed by atoms with E-state index in [0.717, 1.165) is 29.0 Å². The van der Waals surface area contributed by atoms with Crippen LogP contribution in [-0.2, 0) is 6.42 Å². The van der Waals surface area contributed by atoms with E-state index >= 15 is 0 Å². The number of fused-ring (bicyclic) bond motifs is 1. The standard InChI is InChI=1S/C25H26N2O2/c1-17-8-10-20(11-9-17)24-22-7-5-4-6-19(22)14-15-27(24)25(28)26-23-13-12-21(29-3)16-18(23)2/h4-13,16,24H,14-15H2,1-3H3,(H,26,28)/t24-/m0/s1. The van der Waals surface area contributed by atoms with Crippen LogP contribution < -0.4 is 10.1 Å². The van der Waals surface area contributed by atoms with Crippen molar-refractivity contribution < 1.29 is 9.53 Å². The molecule has 0 unspecified atom stereocenters. The van der Waals surface area contributed by atoms with Gasteiger partial charge in [-0.15, -0.1) is 0 Å². The first-order valence-electron chi connectivity index (χ1n) is 9.93. The second-order valence-corrected chi connectivity index (χ2v) is 7.57. The Bertz CT molecular complexity index is 1030. The van der Waals surface area contributed by atoms with Crippen molar-refractivity contribution in [1.29, 1.82) is 0 Å². The molecule has 148 valence electrons. The van der Waals surface area contributed by atoms with Gasteiger partial charge in [-0.05, 0) is 60.7 Å². The molecule has 1 N–H and O–H groups in total. The number of benzene rings is 3. The SMILES string of the molecule is COc1ccc(NC(=O)N2CCc3ccccc3[C@@H]2c2ccc(C)cc2)c(C)c1. The van der Waals surface area contributed by atoms with E-state index in [4.69, 9.17) is 4.74 Å². The van der Waals surface area contributed by atoms with Crippen molar-refractivity contribution in [3.05, 3.63) is 94.5 Å². The average Bonchev–Trinajstić information content (AvgIpc) is 2.75. The summed E-state index contributed by atoms with van der Waals surface area (Å²) in [6.07, 6.45) is 0.855. The highest BCUT2D eigenvalue weighted by atomic mass is 16.5. The number of carbonyl (C=O) groups is 1. The topological polar surface area (TPSA) is 41.6 Å². The fourth-order valence-electron chi connectivity index (χ4n) is 3.98. The molecule has 0 saturated carbocycles. The number of urea groups is 1. The molecule has 1 aliphatic rings. The maximum absolute atomic E-state index is 13.3. The number of hydrogen-bond donors (Lipinski definition) is 1. The Balaban J connectivity index is 1.67. The number of methoxy groups -OCH3 is 1. The number of amides is 2. The Morgan fingerprint density at radius 2 is 1.79 bits per heavy atom. The van der Waals surface area contributed by atoms with Crippen molar-refractivity contribution >= 4 is 11.7 Å². The van der Waals surface area contributed by atoms with Crippen molar-refractivity contribution in [3.63, 3.8) is 0 Å². The van der Waals surface area contributed by atoms with Crippen LogP contribution in [0.2, 0.25) is 0 Å². The normalized spacial score (nSPS) is 15.6. The van der Waals surface area contributed by atoms with Crippen LogP contribution in [0.1, 0.15) is 33.9 Å². The van der Waals surface area contributed by atoms with Gasteiger partial charge in [0.05, 0.1) is 13.2 Å². The summed E-state index contributed by atoms with van der Waals surface area (Å²) < 4.78 is 5.27.